The fraction of sp³-hybridized carbons (Fsp3) is 0.733. The summed E-state index contributed by atoms with van der Waals surface area (Å²) in [7, 11) is 0. The van der Waals surface area contributed by atoms with Crippen LogP contribution in [0.15, 0.2) is 6.20 Å². The van der Waals surface area contributed by atoms with Gasteiger partial charge in [-0.05, 0) is 25.8 Å². The van der Waals surface area contributed by atoms with Crippen molar-refractivity contribution in [2.24, 2.45) is 5.73 Å². The molecule has 1 unspecified atom stereocenters. The summed E-state index contributed by atoms with van der Waals surface area (Å²) in [6, 6.07) is 0.424. The highest BCUT2D eigenvalue weighted by Gasteiger charge is 2.26. The predicted molar refractivity (Wildman–Crippen MR) is 80.7 cm³/mol. The zero-order valence-electron chi connectivity index (χ0n) is 12.4. The molecule has 0 amide bonds. The SMILES string of the molecule is CCCN1CCc2nc(N3CCCC3CN)ncc2C1. The molecule has 3 rings (SSSR count). The van der Waals surface area contributed by atoms with Gasteiger partial charge >= 0.3 is 0 Å². The Kier molecular flexibility index (Phi) is 4.17. The summed E-state index contributed by atoms with van der Waals surface area (Å²) < 4.78 is 0. The van der Waals surface area contributed by atoms with E-state index in [1.807, 2.05) is 6.20 Å². The van der Waals surface area contributed by atoms with E-state index in [4.69, 9.17) is 10.7 Å². The Balaban J connectivity index is 1.77. The maximum atomic E-state index is 5.85. The maximum absolute atomic E-state index is 5.85. The Morgan fingerprint density at radius 1 is 1.40 bits per heavy atom. The number of nitrogens with zero attached hydrogens (tertiary/aromatic N) is 4. The fourth-order valence-corrected chi connectivity index (χ4v) is 3.35. The van der Waals surface area contributed by atoms with Gasteiger partial charge in [0.25, 0.3) is 0 Å². The van der Waals surface area contributed by atoms with E-state index in [2.05, 4.69) is 21.7 Å². The van der Waals surface area contributed by atoms with Crippen LogP contribution >= 0.6 is 0 Å². The van der Waals surface area contributed by atoms with Crippen molar-refractivity contribution in [2.45, 2.75) is 45.2 Å². The number of anilines is 1. The molecule has 2 aliphatic heterocycles. The Labute approximate surface area is 121 Å². The average Bonchev–Trinajstić information content (AvgIpc) is 2.95. The highest BCUT2D eigenvalue weighted by Crippen LogP contribution is 2.24. The normalized spacial score (nSPS) is 23.1. The summed E-state index contributed by atoms with van der Waals surface area (Å²) in [6.07, 6.45) is 6.66. The predicted octanol–water partition coefficient (Wildman–Crippen LogP) is 1.17. The molecule has 1 aromatic rings. The molecular formula is C15H25N5. The fourth-order valence-electron chi connectivity index (χ4n) is 3.35. The van der Waals surface area contributed by atoms with Crippen molar-refractivity contribution < 1.29 is 0 Å². The molecule has 0 aromatic carbocycles. The summed E-state index contributed by atoms with van der Waals surface area (Å²) in [5, 5.41) is 0. The van der Waals surface area contributed by atoms with Crippen LogP contribution < -0.4 is 10.6 Å². The molecule has 0 spiro atoms. The van der Waals surface area contributed by atoms with Crippen molar-refractivity contribution in [3.63, 3.8) is 0 Å². The Morgan fingerprint density at radius 2 is 2.30 bits per heavy atom. The van der Waals surface area contributed by atoms with Gasteiger partial charge in [0.15, 0.2) is 0 Å². The van der Waals surface area contributed by atoms with Crippen LogP contribution in [0.3, 0.4) is 0 Å². The first-order chi connectivity index (χ1) is 9.81. The summed E-state index contributed by atoms with van der Waals surface area (Å²) in [5.74, 6) is 0.889. The van der Waals surface area contributed by atoms with Crippen molar-refractivity contribution in [2.75, 3.05) is 31.1 Å². The van der Waals surface area contributed by atoms with E-state index in [1.165, 1.54) is 37.1 Å². The standard InChI is InChI=1S/C15H25N5/c1-2-6-19-8-5-14-12(11-19)10-17-15(18-14)20-7-3-4-13(20)9-16/h10,13H,2-9,11,16H2,1H3. The largest absolute Gasteiger partial charge is 0.337 e. The lowest BCUT2D eigenvalue weighted by molar-refractivity contribution is 0.252. The van der Waals surface area contributed by atoms with Crippen LogP contribution in [-0.2, 0) is 13.0 Å². The zero-order chi connectivity index (χ0) is 13.9. The molecule has 2 aliphatic rings. The van der Waals surface area contributed by atoms with Crippen LogP contribution in [0.2, 0.25) is 0 Å². The highest BCUT2D eigenvalue weighted by molar-refractivity contribution is 5.37. The number of aromatic nitrogens is 2. The number of nitrogens with two attached hydrogens (primary N) is 1. The van der Waals surface area contributed by atoms with Crippen molar-refractivity contribution in [3.8, 4) is 0 Å². The molecule has 20 heavy (non-hydrogen) atoms. The topological polar surface area (TPSA) is 58.3 Å². The molecule has 3 heterocycles. The van der Waals surface area contributed by atoms with Crippen molar-refractivity contribution in [3.05, 3.63) is 17.5 Å². The van der Waals surface area contributed by atoms with Gasteiger partial charge in [-0.15, -0.1) is 0 Å². The Bertz CT molecular complexity index is 462. The molecule has 0 saturated carbocycles. The third-order valence-electron chi connectivity index (χ3n) is 4.45. The second-order valence-corrected chi connectivity index (χ2v) is 5.89. The van der Waals surface area contributed by atoms with Crippen LogP contribution in [0.25, 0.3) is 0 Å². The number of rotatable bonds is 4. The van der Waals surface area contributed by atoms with Crippen LogP contribution in [0, 0.1) is 0 Å². The van der Waals surface area contributed by atoms with Gasteiger partial charge in [0.05, 0.1) is 5.69 Å². The molecule has 1 saturated heterocycles. The van der Waals surface area contributed by atoms with E-state index >= 15 is 0 Å². The first-order valence-corrected chi connectivity index (χ1v) is 7.85. The molecule has 0 bridgehead atoms. The zero-order valence-corrected chi connectivity index (χ0v) is 12.4. The third kappa shape index (κ3) is 2.65. The highest BCUT2D eigenvalue weighted by atomic mass is 15.3. The number of hydrogen-bond donors (Lipinski definition) is 1. The maximum Gasteiger partial charge on any atom is 0.225 e. The minimum absolute atomic E-state index is 0.424. The minimum Gasteiger partial charge on any atom is -0.337 e. The molecule has 0 radical (unpaired) electrons. The van der Waals surface area contributed by atoms with Gasteiger partial charge in [-0.25, -0.2) is 9.97 Å². The van der Waals surface area contributed by atoms with Gasteiger partial charge in [0, 0.05) is 50.4 Å². The van der Waals surface area contributed by atoms with E-state index in [-0.39, 0.29) is 0 Å². The van der Waals surface area contributed by atoms with Crippen LogP contribution in [0.5, 0.6) is 0 Å². The van der Waals surface area contributed by atoms with Crippen LogP contribution in [-0.4, -0.2) is 47.1 Å². The Morgan fingerprint density at radius 3 is 3.10 bits per heavy atom. The smallest absolute Gasteiger partial charge is 0.225 e. The third-order valence-corrected chi connectivity index (χ3v) is 4.45. The van der Waals surface area contributed by atoms with Gasteiger partial charge < -0.3 is 10.6 Å². The first kappa shape index (κ1) is 13.8. The average molecular weight is 275 g/mol. The lowest BCUT2D eigenvalue weighted by atomic mass is 10.1. The van der Waals surface area contributed by atoms with Gasteiger partial charge in [-0.3, -0.25) is 4.90 Å². The van der Waals surface area contributed by atoms with E-state index in [0.29, 0.717) is 12.6 Å². The number of fused-ring (bicyclic) bond motifs is 1. The minimum atomic E-state index is 0.424. The second kappa shape index (κ2) is 6.06. The second-order valence-electron chi connectivity index (χ2n) is 5.89. The number of hydrogen-bond acceptors (Lipinski definition) is 5. The lowest BCUT2D eigenvalue weighted by Gasteiger charge is -2.29. The molecule has 5 heteroatoms. The van der Waals surface area contributed by atoms with Crippen molar-refractivity contribution >= 4 is 5.95 Å². The summed E-state index contributed by atoms with van der Waals surface area (Å²) >= 11 is 0. The summed E-state index contributed by atoms with van der Waals surface area (Å²) in [6.45, 7) is 7.27. The summed E-state index contributed by atoms with van der Waals surface area (Å²) in [5.41, 5.74) is 8.39. The molecule has 1 aromatic heterocycles. The van der Waals surface area contributed by atoms with Crippen molar-refractivity contribution in [1.29, 1.82) is 0 Å². The van der Waals surface area contributed by atoms with E-state index in [0.717, 1.165) is 32.0 Å². The van der Waals surface area contributed by atoms with Crippen LogP contribution in [0.4, 0.5) is 5.95 Å². The lowest BCUT2D eigenvalue weighted by Crippen LogP contribution is -2.37. The first-order valence-electron chi connectivity index (χ1n) is 7.85. The van der Waals surface area contributed by atoms with Gasteiger partial charge in [-0.2, -0.15) is 0 Å². The van der Waals surface area contributed by atoms with Crippen molar-refractivity contribution in [1.82, 2.24) is 14.9 Å². The molecule has 1 atom stereocenters. The van der Waals surface area contributed by atoms with Gasteiger partial charge in [0.1, 0.15) is 0 Å². The molecule has 1 fully saturated rings. The molecule has 2 N–H and O–H groups in total. The van der Waals surface area contributed by atoms with Gasteiger partial charge in [0.2, 0.25) is 5.95 Å². The molecule has 0 aliphatic carbocycles. The Hall–Kier alpha value is -1.20. The quantitative estimate of drug-likeness (QED) is 0.894. The van der Waals surface area contributed by atoms with E-state index < -0.39 is 0 Å². The molecule has 5 nitrogen and oxygen atoms in total. The molecular weight excluding hydrogens is 250 g/mol. The van der Waals surface area contributed by atoms with Gasteiger partial charge in [-0.1, -0.05) is 6.92 Å². The van der Waals surface area contributed by atoms with E-state index in [1.54, 1.807) is 0 Å². The monoisotopic (exact) mass is 275 g/mol. The molecule has 110 valence electrons. The van der Waals surface area contributed by atoms with Crippen LogP contribution in [0.1, 0.15) is 37.4 Å². The summed E-state index contributed by atoms with van der Waals surface area (Å²) in [4.78, 5) is 14.2. The van der Waals surface area contributed by atoms with E-state index in [9.17, 15) is 0 Å².